The molecule has 2 aromatic rings. The van der Waals surface area contributed by atoms with E-state index >= 15 is 0 Å². The smallest absolute Gasteiger partial charge is 0.119 e. The highest BCUT2D eigenvalue weighted by molar-refractivity contribution is 5.45. The van der Waals surface area contributed by atoms with E-state index in [1.165, 1.54) is 0 Å². The Balaban J connectivity index is 2.30. The number of aliphatic hydroxyl groups excluding tert-OH is 1. The van der Waals surface area contributed by atoms with Crippen LogP contribution in [-0.2, 0) is 6.54 Å². The first-order valence-corrected chi connectivity index (χ1v) is 6.49. The molecule has 20 heavy (non-hydrogen) atoms. The van der Waals surface area contributed by atoms with Gasteiger partial charge in [0, 0.05) is 18.2 Å². The summed E-state index contributed by atoms with van der Waals surface area (Å²) in [6.45, 7) is 2.69. The standard InChI is InChI=1S/C16H18N2O2/c1-13-8-9-18(17-13)12-15-11-16(20-2)7-6-14(15)5-3-4-10-19/h6-9,11,19H,4,10,12H2,1-2H3. The molecule has 1 aromatic heterocycles. The third-order valence-corrected chi connectivity index (χ3v) is 2.88. The van der Waals surface area contributed by atoms with E-state index in [-0.39, 0.29) is 6.61 Å². The summed E-state index contributed by atoms with van der Waals surface area (Å²) >= 11 is 0. The molecule has 0 radical (unpaired) electrons. The molecule has 0 aliphatic carbocycles. The highest BCUT2D eigenvalue weighted by Crippen LogP contribution is 2.18. The van der Waals surface area contributed by atoms with Crippen molar-refractivity contribution in [2.24, 2.45) is 0 Å². The second-order valence-corrected chi connectivity index (χ2v) is 4.45. The molecule has 0 amide bonds. The van der Waals surface area contributed by atoms with Gasteiger partial charge in [0.15, 0.2) is 0 Å². The molecule has 0 aliphatic rings. The summed E-state index contributed by atoms with van der Waals surface area (Å²) in [5.74, 6) is 6.84. The maximum absolute atomic E-state index is 8.80. The Bertz CT molecular complexity index is 635. The van der Waals surface area contributed by atoms with Crippen molar-refractivity contribution in [1.82, 2.24) is 9.78 Å². The van der Waals surface area contributed by atoms with Crippen LogP contribution < -0.4 is 4.74 Å². The number of hydrogen-bond donors (Lipinski definition) is 1. The van der Waals surface area contributed by atoms with E-state index in [2.05, 4.69) is 16.9 Å². The minimum absolute atomic E-state index is 0.0802. The summed E-state index contributed by atoms with van der Waals surface area (Å²) in [6.07, 6.45) is 2.42. The maximum Gasteiger partial charge on any atom is 0.119 e. The highest BCUT2D eigenvalue weighted by Gasteiger charge is 2.04. The van der Waals surface area contributed by atoms with Crippen molar-refractivity contribution in [3.63, 3.8) is 0 Å². The molecular weight excluding hydrogens is 252 g/mol. The molecule has 104 valence electrons. The van der Waals surface area contributed by atoms with Gasteiger partial charge in [-0.2, -0.15) is 5.10 Å². The third kappa shape index (κ3) is 3.62. The second-order valence-electron chi connectivity index (χ2n) is 4.45. The van der Waals surface area contributed by atoms with Gasteiger partial charge in [0.1, 0.15) is 5.75 Å². The molecule has 4 heteroatoms. The largest absolute Gasteiger partial charge is 0.497 e. The summed E-state index contributed by atoms with van der Waals surface area (Å²) in [4.78, 5) is 0. The number of rotatable bonds is 4. The molecule has 2 rings (SSSR count). The van der Waals surface area contributed by atoms with Gasteiger partial charge in [0.2, 0.25) is 0 Å². The predicted octanol–water partition coefficient (Wildman–Crippen LogP) is 1.98. The lowest BCUT2D eigenvalue weighted by atomic mass is 10.1. The summed E-state index contributed by atoms with van der Waals surface area (Å²) in [6, 6.07) is 7.77. The summed E-state index contributed by atoms with van der Waals surface area (Å²) in [5.41, 5.74) is 2.98. The van der Waals surface area contributed by atoms with Crippen LogP contribution in [0.4, 0.5) is 0 Å². The molecule has 1 aromatic carbocycles. The van der Waals surface area contributed by atoms with E-state index in [1.807, 2.05) is 42.1 Å². The van der Waals surface area contributed by atoms with Crippen LogP contribution in [0.25, 0.3) is 0 Å². The number of aryl methyl sites for hydroxylation is 1. The lowest BCUT2D eigenvalue weighted by Crippen LogP contribution is -2.03. The Morgan fingerprint density at radius 2 is 2.20 bits per heavy atom. The first kappa shape index (κ1) is 14.2. The molecule has 0 unspecified atom stereocenters. The predicted molar refractivity (Wildman–Crippen MR) is 77.6 cm³/mol. The van der Waals surface area contributed by atoms with E-state index < -0.39 is 0 Å². The van der Waals surface area contributed by atoms with Gasteiger partial charge >= 0.3 is 0 Å². The number of benzene rings is 1. The van der Waals surface area contributed by atoms with Crippen LogP contribution in [0.2, 0.25) is 0 Å². The van der Waals surface area contributed by atoms with Crippen LogP contribution in [-0.4, -0.2) is 28.6 Å². The molecule has 0 aliphatic heterocycles. The number of aromatic nitrogens is 2. The zero-order chi connectivity index (χ0) is 14.4. The minimum Gasteiger partial charge on any atom is -0.497 e. The molecule has 0 saturated heterocycles. The van der Waals surface area contributed by atoms with Crippen LogP contribution >= 0.6 is 0 Å². The average molecular weight is 270 g/mol. The Labute approximate surface area is 119 Å². The summed E-state index contributed by atoms with van der Waals surface area (Å²) < 4.78 is 7.14. The van der Waals surface area contributed by atoms with Gasteiger partial charge in [-0.05, 0) is 36.8 Å². The van der Waals surface area contributed by atoms with Gasteiger partial charge < -0.3 is 9.84 Å². The normalized spacial score (nSPS) is 9.95. The van der Waals surface area contributed by atoms with Gasteiger partial charge in [-0.1, -0.05) is 11.8 Å². The van der Waals surface area contributed by atoms with E-state index in [9.17, 15) is 0 Å². The number of ether oxygens (including phenoxy) is 1. The molecule has 0 saturated carbocycles. The van der Waals surface area contributed by atoms with E-state index in [0.29, 0.717) is 13.0 Å². The fourth-order valence-electron chi connectivity index (χ4n) is 1.89. The molecule has 0 atom stereocenters. The quantitative estimate of drug-likeness (QED) is 0.864. The molecule has 4 nitrogen and oxygen atoms in total. The Morgan fingerprint density at radius 1 is 1.35 bits per heavy atom. The van der Waals surface area contributed by atoms with Gasteiger partial charge in [0.25, 0.3) is 0 Å². The van der Waals surface area contributed by atoms with Gasteiger partial charge in [-0.15, -0.1) is 0 Å². The van der Waals surface area contributed by atoms with Gasteiger partial charge in [-0.25, -0.2) is 0 Å². The lowest BCUT2D eigenvalue weighted by Gasteiger charge is -2.08. The third-order valence-electron chi connectivity index (χ3n) is 2.88. The monoisotopic (exact) mass is 270 g/mol. The fourth-order valence-corrected chi connectivity index (χ4v) is 1.89. The zero-order valence-corrected chi connectivity index (χ0v) is 11.8. The Hall–Kier alpha value is -2.25. The van der Waals surface area contributed by atoms with E-state index in [1.54, 1.807) is 7.11 Å². The average Bonchev–Trinajstić information content (AvgIpc) is 2.86. The van der Waals surface area contributed by atoms with E-state index in [0.717, 1.165) is 22.6 Å². The van der Waals surface area contributed by atoms with Gasteiger partial charge in [-0.3, -0.25) is 4.68 Å². The van der Waals surface area contributed by atoms with Crippen molar-refractivity contribution in [2.45, 2.75) is 19.9 Å². The zero-order valence-electron chi connectivity index (χ0n) is 11.8. The lowest BCUT2D eigenvalue weighted by molar-refractivity contribution is 0.305. The molecule has 0 spiro atoms. The SMILES string of the molecule is COc1ccc(C#CCCO)c(Cn2ccc(C)n2)c1. The molecular formula is C16H18N2O2. The Morgan fingerprint density at radius 3 is 2.85 bits per heavy atom. The number of hydrogen-bond acceptors (Lipinski definition) is 3. The first-order chi connectivity index (χ1) is 9.72. The van der Waals surface area contributed by atoms with E-state index in [4.69, 9.17) is 9.84 Å². The minimum atomic E-state index is 0.0802. The summed E-state index contributed by atoms with van der Waals surface area (Å²) in [7, 11) is 1.65. The van der Waals surface area contributed by atoms with Gasteiger partial charge in [0.05, 0.1) is 26.0 Å². The topological polar surface area (TPSA) is 47.3 Å². The fraction of sp³-hybridized carbons (Fsp3) is 0.312. The van der Waals surface area contributed by atoms with Crippen LogP contribution in [0.15, 0.2) is 30.5 Å². The number of methoxy groups -OCH3 is 1. The van der Waals surface area contributed by atoms with Crippen molar-refractivity contribution in [3.8, 4) is 17.6 Å². The molecule has 0 fully saturated rings. The van der Waals surface area contributed by atoms with Crippen molar-refractivity contribution in [2.75, 3.05) is 13.7 Å². The van der Waals surface area contributed by atoms with Crippen molar-refractivity contribution >= 4 is 0 Å². The number of nitrogens with zero attached hydrogens (tertiary/aromatic N) is 2. The maximum atomic E-state index is 8.80. The van der Waals surface area contributed by atoms with Crippen LogP contribution in [0.1, 0.15) is 23.2 Å². The van der Waals surface area contributed by atoms with Crippen LogP contribution in [0.3, 0.4) is 0 Å². The van der Waals surface area contributed by atoms with Crippen molar-refractivity contribution in [3.05, 3.63) is 47.3 Å². The molecule has 0 bridgehead atoms. The highest BCUT2D eigenvalue weighted by atomic mass is 16.5. The van der Waals surface area contributed by atoms with Crippen LogP contribution in [0.5, 0.6) is 5.75 Å². The second kappa shape index (κ2) is 6.78. The van der Waals surface area contributed by atoms with Crippen molar-refractivity contribution < 1.29 is 9.84 Å². The van der Waals surface area contributed by atoms with Crippen LogP contribution in [0, 0.1) is 18.8 Å². The Kier molecular flexibility index (Phi) is 4.80. The molecule has 1 N–H and O–H groups in total. The first-order valence-electron chi connectivity index (χ1n) is 6.49. The van der Waals surface area contributed by atoms with Crippen molar-refractivity contribution in [1.29, 1.82) is 0 Å². The summed E-state index contributed by atoms with van der Waals surface area (Å²) in [5, 5.41) is 13.2. The number of aliphatic hydroxyl groups is 1. The molecule has 1 heterocycles.